The minimum Gasteiger partial charge on any atom is -0.748 e. The number of aryl methyl sites for hydroxylation is 1. The molecule has 0 spiro atoms. The van der Waals surface area contributed by atoms with Crippen LogP contribution < -0.4 is 29.6 Å². The van der Waals surface area contributed by atoms with Gasteiger partial charge in [-0.2, -0.15) is 0 Å². The number of nitrogens with zero attached hydrogens (tertiary/aromatic N) is 2. The predicted octanol–water partition coefficient (Wildman–Crippen LogP) is -2.62. The van der Waals surface area contributed by atoms with Gasteiger partial charge in [0.15, 0.2) is 0 Å². The Morgan fingerprint density at radius 1 is 1.19 bits per heavy atom. The molecular formula is C11H13N2NaO5S2. The Hall–Kier alpha value is -0.450. The number of para-hydroxylation sites is 2. The largest absolute Gasteiger partial charge is 1.00 e. The van der Waals surface area contributed by atoms with Crippen molar-refractivity contribution in [2.45, 2.75) is 18.1 Å². The summed E-state index contributed by atoms with van der Waals surface area (Å²) in [6.45, 7) is 0.102. The van der Waals surface area contributed by atoms with Gasteiger partial charge in [0.2, 0.25) is 15.0 Å². The topological polar surface area (TPSA) is 109 Å². The fourth-order valence-electron chi connectivity index (χ4n) is 1.95. The number of hydrogen-bond acceptors (Lipinski definition) is 6. The first-order valence-electron chi connectivity index (χ1n) is 5.77. The van der Waals surface area contributed by atoms with Crippen LogP contribution in [0.5, 0.6) is 0 Å². The molecule has 1 aromatic carbocycles. The second-order valence-electron chi connectivity index (χ2n) is 4.42. The summed E-state index contributed by atoms with van der Waals surface area (Å²) in [4.78, 5) is 4.05. The molecule has 0 bridgehead atoms. The maximum absolute atomic E-state index is 11.7. The van der Waals surface area contributed by atoms with Gasteiger partial charge in [-0.1, -0.05) is 12.1 Å². The fraction of sp³-hybridized carbons (Fsp3) is 0.364. The van der Waals surface area contributed by atoms with Crippen molar-refractivity contribution in [3.8, 4) is 0 Å². The summed E-state index contributed by atoms with van der Waals surface area (Å²) in [6, 6.07) is 6.83. The SMILES string of the molecule is CS(=O)(=O)c1nc2ccccc2n1CCCS(=O)(=O)[O-].[Na+]. The fourth-order valence-corrected chi connectivity index (χ4v) is 3.29. The van der Waals surface area contributed by atoms with Crippen LogP contribution in [0.25, 0.3) is 11.0 Å². The van der Waals surface area contributed by atoms with Crippen LogP contribution in [0.2, 0.25) is 0 Å². The molecule has 0 radical (unpaired) electrons. The Morgan fingerprint density at radius 3 is 2.38 bits per heavy atom. The van der Waals surface area contributed by atoms with Crippen molar-refractivity contribution in [3.05, 3.63) is 24.3 Å². The first-order valence-corrected chi connectivity index (χ1v) is 9.24. The van der Waals surface area contributed by atoms with E-state index in [4.69, 9.17) is 0 Å². The molecule has 0 fully saturated rings. The van der Waals surface area contributed by atoms with E-state index in [0.717, 1.165) is 6.26 Å². The van der Waals surface area contributed by atoms with Crippen molar-refractivity contribution in [1.29, 1.82) is 0 Å². The molecule has 0 aliphatic rings. The van der Waals surface area contributed by atoms with Gasteiger partial charge in [0.25, 0.3) is 0 Å². The molecular weight excluding hydrogens is 327 g/mol. The Balaban J connectivity index is 0.00000220. The molecule has 0 aliphatic carbocycles. The minimum atomic E-state index is -4.31. The second kappa shape index (κ2) is 6.76. The minimum absolute atomic E-state index is 0. The maximum atomic E-state index is 11.7. The molecule has 2 aromatic rings. The van der Waals surface area contributed by atoms with Gasteiger partial charge in [0.1, 0.15) is 0 Å². The van der Waals surface area contributed by atoms with Crippen molar-refractivity contribution < 1.29 is 50.9 Å². The predicted molar refractivity (Wildman–Crippen MR) is 72.0 cm³/mol. The first kappa shape index (κ1) is 18.6. The molecule has 0 atom stereocenters. The van der Waals surface area contributed by atoms with E-state index >= 15 is 0 Å². The molecule has 110 valence electrons. The van der Waals surface area contributed by atoms with Gasteiger partial charge in [-0.25, -0.2) is 21.8 Å². The maximum Gasteiger partial charge on any atom is 1.00 e. The smallest absolute Gasteiger partial charge is 0.748 e. The molecule has 0 saturated carbocycles. The third-order valence-corrected chi connectivity index (χ3v) is 4.49. The van der Waals surface area contributed by atoms with Gasteiger partial charge in [0, 0.05) is 18.6 Å². The van der Waals surface area contributed by atoms with E-state index in [1.807, 2.05) is 0 Å². The summed E-state index contributed by atoms with van der Waals surface area (Å²) in [6.07, 6.45) is 1.07. The number of hydrogen-bond donors (Lipinski definition) is 0. The van der Waals surface area contributed by atoms with Gasteiger partial charge >= 0.3 is 29.6 Å². The van der Waals surface area contributed by atoms with E-state index < -0.39 is 25.7 Å². The summed E-state index contributed by atoms with van der Waals surface area (Å²) in [7, 11) is -7.85. The van der Waals surface area contributed by atoms with Crippen molar-refractivity contribution in [2.24, 2.45) is 0 Å². The molecule has 0 unspecified atom stereocenters. The van der Waals surface area contributed by atoms with Crippen LogP contribution in [0, 0.1) is 0 Å². The summed E-state index contributed by atoms with van der Waals surface area (Å²) in [5, 5.41) is -0.123. The zero-order chi connectivity index (χ0) is 15.0. The van der Waals surface area contributed by atoms with E-state index in [1.54, 1.807) is 24.3 Å². The zero-order valence-corrected chi connectivity index (χ0v) is 15.3. The summed E-state index contributed by atoms with van der Waals surface area (Å²) in [5.41, 5.74) is 1.11. The van der Waals surface area contributed by atoms with Gasteiger partial charge in [-0.05, 0) is 18.6 Å². The number of rotatable bonds is 5. The van der Waals surface area contributed by atoms with E-state index in [2.05, 4.69) is 4.98 Å². The zero-order valence-electron chi connectivity index (χ0n) is 11.7. The molecule has 0 N–H and O–H groups in total. The van der Waals surface area contributed by atoms with Gasteiger partial charge in [-0.15, -0.1) is 0 Å². The Bertz CT molecular complexity index is 843. The number of sulfone groups is 1. The summed E-state index contributed by atoms with van der Waals surface area (Å²) >= 11 is 0. The number of benzene rings is 1. The molecule has 7 nitrogen and oxygen atoms in total. The van der Waals surface area contributed by atoms with Crippen LogP contribution in [-0.2, 0) is 26.5 Å². The second-order valence-corrected chi connectivity index (χ2v) is 7.86. The molecule has 0 aliphatic heterocycles. The van der Waals surface area contributed by atoms with E-state index in [1.165, 1.54) is 4.57 Å². The Labute approximate surface area is 145 Å². The van der Waals surface area contributed by atoms with E-state index in [9.17, 15) is 21.4 Å². The monoisotopic (exact) mass is 340 g/mol. The van der Waals surface area contributed by atoms with Crippen LogP contribution in [-0.4, -0.2) is 42.9 Å². The average Bonchev–Trinajstić information content (AvgIpc) is 2.67. The molecule has 1 aromatic heterocycles. The van der Waals surface area contributed by atoms with Crippen molar-refractivity contribution in [2.75, 3.05) is 12.0 Å². The van der Waals surface area contributed by atoms with Gasteiger partial charge in [0.05, 0.1) is 21.2 Å². The van der Waals surface area contributed by atoms with Crippen molar-refractivity contribution in [1.82, 2.24) is 9.55 Å². The van der Waals surface area contributed by atoms with Crippen molar-refractivity contribution in [3.63, 3.8) is 0 Å². The van der Waals surface area contributed by atoms with Crippen LogP contribution in [0.3, 0.4) is 0 Å². The van der Waals surface area contributed by atoms with Gasteiger partial charge < -0.3 is 9.12 Å². The van der Waals surface area contributed by atoms with Crippen molar-refractivity contribution >= 4 is 31.0 Å². The van der Waals surface area contributed by atoms with E-state index in [0.29, 0.717) is 11.0 Å². The molecule has 21 heavy (non-hydrogen) atoms. The quantitative estimate of drug-likeness (QED) is 0.435. The van der Waals surface area contributed by atoms with Crippen LogP contribution in [0.4, 0.5) is 0 Å². The van der Waals surface area contributed by atoms with E-state index in [-0.39, 0.29) is 47.7 Å². The Morgan fingerprint density at radius 2 is 1.81 bits per heavy atom. The molecule has 0 saturated heterocycles. The third-order valence-electron chi connectivity index (χ3n) is 2.73. The number of fused-ring (bicyclic) bond motifs is 1. The van der Waals surface area contributed by atoms with Crippen LogP contribution >= 0.6 is 0 Å². The summed E-state index contributed by atoms with van der Waals surface area (Å²) < 4.78 is 56.7. The molecule has 1 heterocycles. The Kier molecular flexibility index (Phi) is 5.99. The average molecular weight is 340 g/mol. The van der Waals surface area contributed by atoms with Crippen LogP contribution in [0.15, 0.2) is 29.4 Å². The normalized spacial score (nSPS) is 12.3. The van der Waals surface area contributed by atoms with Gasteiger partial charge in [-0.3, -0.25) is 0 Å². The molecule has 10 heteroatoms. The molecule has 2 rings (SSSR count). The number of imidazole rings is 1. The first-order chi connectivity index (χ1) is 9.18. The molecule has 0 amide bonds. The standard InChI is InChI=1S/C11H14N2O5S2.Na/c1-19(14,15)11-12-9-5-2-3-6-10(9)13(11)7-4-8-20(16,17)18;/h2-3,5-6H,4,7-8H2,1H3,(H,16,17,18);/q;+1/p-1. The summed E-state index contributed by atoms with van der Waals surface area (Å²) in [5.74, 6) is -0.539. The third kappa shape index (κ3) is 4.76. The number of aromatic nitrogens is 2. The van der Waals surface area contributed by atoms with Crippen LogP contribution in [0.1, 0.15) is 6.42 Å².